The van der Waals surface area contributed by atoms with Crippen molar-refractivity contribution in [2.75, 3.05) is 39.9 Å². The molecule has 2 aromatic carbocycles. The lowest BCUT2D eigenvalue weighted by Crippen LogP contribution is -2.68. The minimum absolute atomic E-state index is 0.240. The molecule has 1 spiro atoms. The molecule has 2 aliphatic heterocycles. The number of fused-ring (bicyclic) bond motifs is 4. The molecule has 36 heavy (non-hydrogen) atoms. The zero-order valence-corrected chi connectivity index (χ0v) is 21.6. The van der Waals surface area contributed by atoms with Gasteiger partial charge in [0.15, 0.2) is 0 Å². The average Bonchev–Trinajstić information content (AvgIpc) is 3.17. The first-order valence-corrected chi connectivity index (χ1v) is 13.6. The van der Waals surface area contributed by atoms with E-state index < -0.39 is 21.5 Å². The molecule has 2 N–H and O–H groups in total. The number of aromatic nitrogens is 1. The topological polar surface area (TPSA) is 104 Å². The van der Waals surface area contributed by atoms with Crippen molar-refractivity contribution in [3.8, 4) is 5.75 Å². The molecular weight excluding hydrogens is 480 g/mol. The SMILES string of the molecule is CCCNC(=O)N1CC2(CN(S(=O)(=O)c3ccccc3)C2)c2c(n(C)c3cc(OC)ccc23)[C@@H]1CO. The summed E-state index contributed by atoms with van der Waals surface area (Å²) >= 11 is 0. The van der Waals surface area contributed by atoms with E-state index in [0.717, 1.165) is 28.6 Å². The van der Waals surface area contributed by atoms with Gasteiger partial charge in [-0.15, -0.1) is 0 Å². The van der Waals surface area contributed by atoms with Crippen molar-refractivity contribution < 1.29 is 23.1 Å². The molecule has 3 aromatic rings. The highest BCUT2D eigenvalue weighted by atomic mass is 32.2. The molecule has 10 heteroatoms. The molecule has 0 aliphatic carbocycles. The Kier molecular flexibility index (Phi) is 6.22. The summed E-state index contributed by atoms with van der Waals surface area (Å²) in [5, 5.41) is 14.4. The second kappa shape index (κ2) is 9.10. The van der Waals surface area contributed by atoms with E-state index in [2.05, 4.69) is 5.32 Å². The van der Waals surface area contributed by atoms with Crippen molar-refractivity contribution in [3.05, 3.63) is 59.8 Å². The van der Waals surface area contributed by atoms with Crippen molar-refractivity contribution in [2.24, 2.45) is 7.05 Å². The molecule has 5 rings (SSSR count). The summed E-state index contributed by atoms with van der Waals surface area (Å²) in [6.07, 6.45) is 0.788. The van der Waals surface area contributed by atoms with Crippen molar-refractivity contribution in [1.82, 2.24) is 19.1 Å². The fourth-order valence-electron chi connectivity index (χ4n) is 5.70. The van der Waals surface area contributed by atoms with E-state index in [0.29, 0.717) is 18.8 Å². The van der Waals surface area contributed by atoms with E-state index in [1.54, 1.807) is 42.3 Å². The smallest absolute Gasteiger partial charge is 0.318 e. The number of aryl methyl sites for hydroxylation is 1. The van der Waals surface area contributed by atoms with Gasteiger partial charge in [-0.2, -0.15) is 4.31 Å². The highest BCUT2D eigenvalue weighted by Crippen LogP contribution is 2.50. The van der Waals surface area contributed by atoms with Gasteiger partial charge < -0.3 is 24.6 Å². The number of methoxy groups -OCH3 is 1. The predicted molar refractivity (Wildman–Crippen MR) is 137 cm³/mol. The normalized spacial score (nSPS) is 19.2. The zero-order valence-electron chi connectivity index (χ0n) is 20.8. The number of amides is 2. The molecule has 0 saturated carbocycles. The minimum atomic E-state index is -3.67. The van der Waals surface area contributed by atoms with Crippen LogP contribution in [0.15, 0.2) is 53.4 Å². The first-order chi connectivity index (χ1) is 17.3. The largest absolute Gasteiger partial charge is 0.497 e. The Morgan fingerprint density at radius 2 is 1.89 bits per heavy atom. The standard InChI is InChI=1S/C26H32N4O5S/c1-4-12-27-25(32)30-17-26(15-29(16-26)36(33,34)19-8-6-5-7-9-19)23-20-11-10-18(35-3)13-21(20)28(2)24(23)22(30)14-31/h5-11,13,22,31H,4,12,14-17H2,1-3H3,(H,27,32)/t22-/m0/s1. The van der Waals surface area contributed by atoms with Crippen molar-refractivity contribution in [1.29, 1.82) is 0 Å². The molecule has 3 heterocycles. The number of carbonyl (C=O) groups is 1. The summed E-state index contributed by atoms with van der Waals surface area (Å²) in [7, 11) is -0.141. The molecule has 0 bridgehead atoms. The van der Waals surface area contributed by atoms with Crippen LogP contribution in [-0.4, -0.2) is 73.2 Å². The van der Waals surface area contributed by atoms with E-state index >= 15 is 0 Å². The summed E-state index contributed by atoms with van der Waals surface area (Å²) in [6.45, 7) is 3.07. The Morgan fingerprint density at radius 3 is 2.53 bits per heavy atom. The van der Waals surface area contributed by atoms with Gasteiger partial charge in [-0.25, -0.2) is 13.2 Å². The van der Waals surface area contributed by atoms with Gasteiger partial charge in [0.05, 0.1) is 30.2 Å². The maximum Gasteiger partial charge on any atom is 0.318 e. The maximum absolute atomic E-state index is 13.4. The lowest BCUT2D eigenvalue weighted by molar-refractivity contribution is 0.0494. The molecule has 2 amide bonds. The number of hydrogen-bond acceptors (Lipinski definition) is 5. The molecule has 2 aliphatic rings. The van der Waals surface area contributed by atoms with Gasteiger partial charge in [0.25, 0.3) is 0 Å². The molecule has 192 valence electrons. The number of rotatable bonds is 6. The number of nitrogens with zero attached hydrogens (tertiary/aromatic N) is 3. The molecule has 1 fully saturated rings. The van der Waals surface area contributed by atoms with Gasteiger partial charge in [-0.3, -0.25) is 0 Å². The molecule has 0 unspecified atom stereocenters. The van der Waals surface area contributed by atoms with Crippen LogP contribution in [-0.2, 0) is 22.5 Å². The lowest BCUT2D eigenvalue weighted by atomic mass is 9.70. The van der Waals surface area contributed by atoms with Crippen LogP contribution >= 0.6 is 0 Å². The van der Waals surface area contributed by atoms with Crippen LogP contribution in [0.25, 0.3) is 10.9 Å². The molecule has 9 nitrogen and oxygen atoms in total. The summed E-state index contributed by atoms with van der Waals surface area (Å²) in [5.41, 5.74) is 2.15. The van der Waals surface area contributed by atoms with Crippen molar-refractivity contribution >= 4 is 27.0 Å². The van der Waals surface area contributed by atoms with E-state index in [9.17, 15) is 18.3 Å². The van der Waals surface area contributed by atoms with Gasteiger partial charge in [0.1, 0.15) is 5.75 Å². The van der Waals surface area contributed by atoms with E-state index in [1.807, 2.05) is 36.7 Å². The van der Waals surface area contributed by atoms with Crippen molar-refractivity contribution in [3.63, 3.8) is 0 Å². The van der Waals surface area contributed by atoms with Crippen LogP contribution in [0, 0.1) is 0 Å². The summed E-state index contributed by atoms with van der Waals surface area (Å²) in [6, 6.07) is 13.4. The number of nitrogens with one attached hydrogen (secondary N) is 1. The monoisotopic (exact) mass is 512 g/mol. The van der Waals surface area contributed by atoms with Crippen LogP contribution in [0.4, 0.5) is 4.79 Å². The van der Waals surface area contributed by atoms with Crippen LogP contribution in [0.1, 0.15) is 30.6 Å². The zero-order chi connectivity index (χ0) is 25.7. The second-order valence-corrected chi connectivity index (χ2v) is 11.6. The van der Waals surface area contributed by atoms with Gasteiger partial charge in [0, 0.05) is 55.8 Å². The number of urea groups is 1. The van der Waals surface area contributed by atoms with Crippen LogP contribution in [0.2, 0.25) is 0 Å². The number of hydrogen-bond donors (Lipinski definition) is 2. The quantitative estimate of drug-likeness (QED) is 0.528. The van der Waals surface area contributed by atoms with Crippen LogP contribution < -0.4 is 10.1 Å². The van der Waals surface area contributed by atoms with Gasteiger partial charge >= 0.3 is 6.03 Å². The molecular formula is C26H32N4O5S. The van der Waals surface area contributed by atoms with Gasteiger partial charge in [-0.05, 0) is 36.2 Å². The van der Waals surface area contributed by atoms with Crippen LogP contribution in [0.3, 0.4) is 0 Å². The molecule has 1 atom stereocenters. The predicted octanol–water partition coefficient (Wildman–Crippen LogP) is 2.60. The third-order valence-corrected chi connectivity index (χ3v) is 9.25. The lowest BCUT2D eigenvalue weighted by Gasteiger charge is -2.55. The van der Waals surface area contributed by atoms with E-state index in [1.165, 1.54) is 4.31 Å². The maximum atomic E-state index is 13.4. The van der Waals surface area contributed by atoms with E-state index in [4.69, 9.17) is 4.74 Å². The van der Waals surface area contributed by atoms with Gasteiger partial charge in [-0.1, -0.05) is 25.1 Å². The first-order valence-electron chi connectivity index (χ1n) is 12.1. The Morgan fingerprint density at radius 1 is 1.17 bits per heavy atom. The number of benzene rings is 2. The molecule has 0 radical (unpaired) electrons. The summed E-state index contributed by atoms with van der Waals surface area (Å²) in [5.74, 6) is 0.703. The highest BCUT2D eigenvalue weighted by molar-refractivity contribution is 7.89. The average molecular weight is 513 g/mol. The van der Waals surface area contributed by atoms with Gasteiger partial charge in [0.2, 0.25) is 10.0 Å². The Hall–Kier alpha value is -3.08. The number of carbonyl (C=O) groups excluding carboxylic acids is 1. The minimum Gasteiger partial charge on any atom is -0.497 e. The molecule has 1 saturated heterocycles. The number of aliphatic hydroxyl groups excluding tert-OH is 1. The third kappa shape index (κ3) is 3.66. The molecule has 1 aromatic heterocycles. The highest BCUT2D eigenvalue weighted by Gasteiger charge is 2.57. The van der Waals surface area contributed by atoms with Crippen molar-refractivity contribution in [2.45, 2.75) is 29.7 Å². The first kappa shape index (κ1) is 24.6. The second-order valence-electron chi connectivity index (χ2n) is 9.63. The number of sulfonamides is 1. The summed E-state index contributed by atoms with van der Waals surface area (Å²) in [4.78, 5) is 15.2. The van der Waals surface area contributed by atoms with Crippen LogP contribution in [0.5, 0.6) is 5.75 Å². The Balaban J connectivity index is 1.63. The summed E-state index contributed by atoms with van der Waals surface area (Å²) < 4.78 is 35.6. The number of aliphatic hydroxyl groups is 1. The Bertz CT molecular complexity index is 1400. The third-order valence-electron chi connectivity index (χ3n) is 7.45. The van der Waals surface area contributed by atoms with E-state index in [-0.39, 0.29) is 30.6 Å². The number of ether oxygens (including phenoxy) is 1. The fourth-order valence-corrected chi connectivity index (χ4v) is 7.34. The fraction of sp³-hybridized carbons (Fsp3) is 0.423. The Labute approximate surface area is 211 Å².